The second kappa shape index (κ2) is 2.97. The summed E-state index contributed by atoms with van der Waals surface area (Å²) in [7, 11) is 1.40. The lowest BCUT2D eigenvalue weighted by atomic mass is 10.4. The Morgan fingerprint density at radius 1 is 1.25 bits per heavy atom. The molecule has 50 valence electrons. The Kier molecular flexibility index (Phi) is 2.90. The van der Waals surface area contributed by atoms with Crippen LogP contribution in [0.15, 0.2) is 0 Å². The van der Waals surface area contributed by atoms with Gasteiger partial charge in [0, 0.05) is 6.04 Å². The number of alkyl halides is 2. The van der Waals surface area contributed by atoms with Crippen molar-refractivity contribution in [2.75, 3.05) is 7.05 Å². The van der Waals surface area contributed by atoms with Crippen LogP contribution in [0.1, 0.15) is 13.8 Å². The monoisotopic (exact) mass is 123 g/mol. The van der Waals surface area contributed by atoms with Crippen LogP contribution in [0.4, 0.5) is 8.78 Å². The molecule has 0 unspecified atom stereocenters. The maximum Gasteiger partial charge on any atom is 0.294 e. The van der Waals surface area contributed by atoms with Crippen molar-refractivity contribution in [1.29, 1.82) is 0 Å². The molecule has 3 heteroatoms. The van der Waals surface area contributed by atoms with Crippen LogP contribution in [-0.2, 0) is 0 Å². The van der Waals surface area contributed by atoms with E-state index in [0.717, 1.165) is 4.90 Å². The summed E-state index contributed by atoms with van der Waals surface area (Å²) < 4.78 is 23.2. The van der Waals surface area contributed by atoms with E-state index in [2.05, 4.69) is 0 Å². The molecule has 0 saturated heterocycles. The molecular weight excluding hydrogens is 112 g/mol. The van der Waals surface area contributed by atoms with E-state index in [1.165, 1.54) is 7.05 Å². The molecule has 0 N–H and O–H groups in total. The normalized spacial score (nSPS) is 12.0. The van der Waals surface area contributed by atoms with Crippen LogP contribution in [0.25, 0.3) is 0 Å². The molecule has 0 heterocycles. The van der Waals surface area contributed by atoms with E-state index in [1.54, 1.807) is 13.8 Å². The highest BCUT2D eigenvalue weighted by Crippen LogP contribution is 2.02. The zero-order valence-corrected chi connectivity index (χ0v) is 5.36. The van der Waals surface area contributed by atoms with Crippen molar-refractivity contribution in [1.82, 2.24) is 4.90 Å². The average Bonchev–Trinajstić information content (AvgIpc) is 1.64. The molecule has 0 spiro atoms. The van der Waals surface area contributed by atoms with E-state index >= 15 is 0 Å². The molecule has 0 aliphatic rings. The van der Waals surface area contributed by atoms with Gasteiger partial charge in [-0.05, 0) is 20.9 Å². The summed E-state index contributed by atoms with van der Waals surface area (Å²) in [6.45, 7) is 1.13. The molecular formula is C5H11F2N. The van der Waals surface area contributed by atoms with Gasteiger partial charge >= 0.3 is 0 Å². The van der Waals surface area contributed by atoms with E-state index in [4.69, 9.17) is 0 Å². The van der Waals surface area contributed by atoms with Crippen LogP contribution in [0, 0.1) is 0 Å². The van der Waals surface area contributed by atoms with E-state index in [0.29, 0.717) is 0 Å². The minimum Gasteiger partial charge on any atom is -0.248 e. The van der Waals surface area contributed by atoms with Crippen LogP contribution in [0.3, 0.4) is 0 Å². The van der Waals surface area contributed by atoms with Crippen LogP contribution >= 0.6 is 0 Å². The van der Waals surface area contributed by atoms with Gasteiger partial charge < -0.3 is 0 Å². The zero-order chi connectivity index (χ0) is 6.73. The molecule has 8 heavy (non-hydrogen) atoms. The van der Waals surface area contributed by atoms with Crippen molar-refractivity contribution in [3.8, 4) is 0 Å². The summed E-state index contributed by atoms with van der Waals surface area (Å²) in [5.41, 5.74) is 0. The molecule has 0 fully saturated rings. The summed E-state index contributed by atoms with van der Waals surface area (Å²) in [5.74, 6) is 0. The maximum absolute atomic E-state index is 11.6. The smallest absolute Gasteiger partial charge is 0.248 e. The molecule has 0 rings (SSSR count). The minimum atomic E-state index is -2.32. The van der Waals surface area contributed by atoms with Crippen LogP contribution in [-0.4, -0.2) is 24.5 Å². The first kappa shape index (κ1) is 7.82. The molecule has 0 aromatic carbocycles. The molecule has 0 aromatic rings. The minimum absolute atomic E-state index is 0.0741. The highest BCUT2D eigenvalue weighted by Gasteiger charge is 2.12. The van der Waals surface area contributed by atoms with Crippen LogP contribution in [0.5, 0.6) is 0 Å². The zero-order valence-electron chi connectivity index (χ0n) is 5.36. The Morgan fingerprint density at radius 2 is 1.62 bits per heavy atom. The van der Waals surface area contributed by atoms with Crippen molar-refractivity contribution >= 4 is 0 Å². The van der Waals surface area contributed by atoms with E-state index in [1.807, 2.05) is 0 Å². The molecule has 0 aromatic heterocycles. The Bertz CT molecular complexity index is 55.4. The summed E-state index contributed by atoms with van der Waals surface area (Å²) in [5, 5.41) is 0. The third-order valence-electron chi connectivity index (χ3n) is 1.12. The largest absolute Gasteiger partial charge is 0.294 e. The van der Waals surface area contributed by atoms with Gasteiger partial charge in [0.15, 0.2) is 0 Å². The quantitative estimate of drug-likeness (QED) is 0.503. The molecule has 0 amide bonds. The van der Waals surface area contributed by atoms with Crippen molar-refractivity contribution < 1.29 is 8.78 Å². The highest BCUT2D eigenvalue weighted by atomic mass is 19.3. The first-order chi connectivity index (χ1) is 3.55. The predicted molar refractivity (Wildman–Crippen MR) is 28.9 cm³/mol. The topological polar surface area (TPSA) is 3.24 Å². The van der Waals surface area contributed by atoms with Crippen LogP contribution in [0.2, 0.25) is 0 Å². The van der Waals surface area contributed by atoms with Crippen molar-refractivity contribution in [3.05, 3.63) is 0 Å². The molecule has 0 aliphatic carbocycles. The summed E-state index contributed by atoms with van der Waals surface area (Å²) in [4.78, 5) is 1.00. The fraction of sp³-hybridized carbons (Fsp3) is 1.00. The summed E-state index contributed by atoms with van der Waals surface area (Å²) in [6, 6.07) is -0.0741. The van der Waals surface area contributed by atoms with E-state index in [9.17, 15) is 8.78 Å². The SMILES string of the molecule is CC(C)N(C)C(F)F. The van der Waals surface area contributed by atoms with Gasteiger partial charge in [0.2, 0.25) is 0 Å². The van der Waals surface area contributed by atoms with Gasteiger partial charge in [-0.1, -0.05) is 0 Å². The fourth-order valence-electron chi connectivity index (χ4n) is 0.225. The van der Waals surface area contributed by atoms with Crippen molar-refractivity contribution in [3.63, 3.8) is 0 Å². The van der Waals surface area contributed by atoms with Gasteiger partial charge in [-0.2, -0.15) is 8.78 Å². The second-order valence-corrected chi connectivity index (χ2v) is 2.04. The molecule has 0 saturated carbocycles. The van der Waals surface area contributed by atoms with E-state index < -0.39 is 6.55 Å². The molecule has 0 atom stereocenters. The third kappa shape index (κ3) is 2.21. The fourth-order valence-corrected chi connectivity index (χ4v) is 0.225. The third-order valence-corrected chi connectivity index (χ3v) is 1.12. The Morgan fingerprint density at radius 3 is 1.62 bits per heavy atom. The lowest BCUT2D eigenvalue weighted by Gasteiger charge is -2.18. The van der Waals surface area contributed by atoms with Crippen molar-refractivity contribution in [2.24, 2.45) is 0 Å². The summed E-state index contributed by atoms with van der Waals surface area (Å²) in [6.07, 6.45) is 0. The molecule has 0 bridgehead atoms. The maximum atomic E-state index is 11.6. The number of hydrogen-bond acceptors (Lipinski definition) is 1. The van der Waals surface area contributed by atoms with Gasteiger partial charge in [-0.25, -0.2) is 4.90 Å². The standard InChI is InChI=1S/C5H11F2N/c1-4(2)8(3)5(6)7/h4-5H,1-3H3. The number of rotatable bonds is 2. The van der Waals surface area contributed by atoms with Gasteiger partial charge in [0.1, 0.15) is 0 Å². The summed E-state index contributed by atoms with van der Waals surface area (Å²) >= 11 is 0. The van der Waals surface area contributed by atoms with Gasteiger partial charge in [-0.3, -0.25) is 0 Å². The van der Waals surface area contributed by atoms with Crippen LogP contribution < -0.4 is 0 Å². The second-order valence-electron chi connectivity index (χ2n) is 2.04. The Balaban J connectivity index is 3.46. The number of hydrogen-bond donors (Lipinski definition) is 0. The van der Waals surface area contributed by atoms with E-state index in [-0.39, 0.29) is 6.04 Å². The molecule has 0 radical (unpaired) electrons. The first-order valence-corrected chi connectivity index (χ1v) is 2.55. The Labute approximate surface area is 48.3 Å². The van der Waals surface area contributed by atoms with Gasteiger partial charge in [0.05, 0.1) is 0 Å². The van der Waals surface area contributed by atoms with Crippen molar-refractivity contribution in [2.45, 2.75) is 26.4 Å². The lowest BCUT2D eigenvalue weighted by Crippen LogP contribution is -2.30. The first-order valence-electron chi connectivity index (χ1n) is 2.55. The number of nitrogens with zero attached hydrogens (tertiary/aromatic N) is 1. The number of halogens is 2. The predicted octanol–water partition coefficient (Wildman–Crippen LogP) is 1.55. The average molecular weight is 123 g/mol. The Hall–Kier alpha value is -0.180. The molecule has 0 aliphatic heterocycles. The van der Waals surface area contributed by atoms with Gasteiger partial charge in [-0.15, -0.1) is 0 Å². The van der Waals surface area contributed by atoms with Gasteiger partial charge in [0.25, 0.3) is 6.55 Å². The molecule has 1 nitrogen and oxygen atoms in total. The lowest BCUT2D eigenvalue weighted by molar-refractivity contribution is -0.0272. The highest BCUT2D eigenvalue weighted by molar-refractivity contribution is 4.52.